The number of carbonyl (C=O) groups is 1. The summed E-state index contributed by atoms with van der Waals surface area (Å²) in [6, 6.07) is 9.39. The molecule has 7 nitrogen and oxygen atoms in total. The van der Waals surface area contributed by atoms with Crippen LogP contribution in [0.2, 0.25) is 0 Å². The molecule has 0 fully saturated rings. The third kappa shape index (κ3) is 3.31. The molecule has 0 spiro atoms. The van der Waals surface area contributed by atoms with Gasteiger partial charge >= 0.3 is 0 Å². The molecule has 0 atom stereocenters. The Morgan fingerprint density at radius 3 is 2.62 bits per heavy atom. The highest BCUT2D eigenvalue weighted by atomic mass is 16.1. The first-order valence-corrected chi connectivity index (χ1v) is 9.25. The van der Waals surface area contributed by atoms with Crippen LogP contribution in [-0.4, -0.2) is 25.4 Å². The van der Waals surface area contributed by atoms with Crippen molar-refractivity contribution in [3.05, 3.63) is 81.3 Å². The molecule has 0 aliphatic carbocycles. The number of nitrogens with two attached hydrogens (primary N) is 1. The van der Waals surface area contributed by atoms with Crippen molar-refractivity contribution in [1.29, 1.82) is 0 Å². The number of nitrogens with zero attached hydrogens (tertiary/aromatic N) is 3. The van der Waals surface area contributed by atoms with Gasteiger partial charge in [-0.2, -0.15) is 0 Å². The fourth-order valence-electron chi connectivity index (χ4n) is 3.66. The van der Waals surface area contributed by atoms with Gasteiger partial charge in [0, 0.05) is 29.2 Å². The van der Waals surface area contributed by atoms with Crippen molar-refractivity contribution in [2.24, 2.45) is 5.73 Å². The average Bonchev–Trinajstić information content (AvgIpc) is 2.99. The molecular formula is C22H21N5O2. The molecule has 0 saturated carbocycles. The summed E-state index contributed by atoms with van der Waals surface area (Å²) >= 11 is 0. The van der Waals surface area contributed by atoms with Crippen LogP contribution in [0.5, 0.6) is 0 Å². The second-order valence-electron chi connectivity index (χ2n) is 7.19. The Hall–Kier alpha value is -3.74. The number of H-pyrrole nitrogens is 1. The van der Waals surface area contributed by atoms with E-state index in [2.05, 4.69) is 15.0 Å². The third-order valence-electron chi connectivity index (χ3n) is 5.12. The number of hydrogen-bond donors (Lipinski definition) is 2. The van der Waals surface area contributed by atoms with Crippen LogP contribution in [0.1, 0.15) is 33.0 Å². The van der Waals surface area contributed by atoms with Crippen molar-refractivity contribution in [3.63, 3.8) is 0 Å². The minimum atomic E-state index is -0.547. The number of hydrogen-bond acceptors (Lipinski definition) is 4. The zero-order valence-electron chi connectivity index (χ0n) is 16.5. The topological polar surface area (TPSA) is 107 Å². The highest BCUT2D eigenvalue weighted by Crippen LogP contribution is 2.28. The van der Waals surface area contributed by atoms with E-state index < -0.39 is 5.91 Å². The van der Waals surface area contributed by atoms with Crippen LogP contribution in [0, 0.1) is 20.8 Å². The van der Waals surface area contributed by atoms with Crippen molar-refractivity contribution >= 4 is 16.9 Å². The number of imidazole rings is 1. The lowest BCUT2D eigenvalue weighted by Crippen LogP contribution is -2.19. The van der Waals surface area contributed by atoms with Gasteiger partial charge in [-0.1, -0.05) is 6.07 Å². The Balaban J connectivity index is 1.96. The fraction of sp³-hybridized carbons (Fsp3) is 0.182. The van der Waals surface area contributed by atoms with Gasteiger partial charge < -0.3 is 15.3 Å². The van der Waals surface area contributed by atoms with E-state index in [1.54, 1.807) is 18.5 Å². The molecule has 0 aliphatic rings. The first kappa shape index (κ1) is 18.6. The monoisotopic (exact) mass is 387 g/mol. The second-order valence-corrected chi connectivity index (χ2v) is 7.19. The van der Waals surface area contributed by atoms with Crippen molar-refractivity contribution in [2.75, 3.05) is 0 Å². The first-order chi connectivity index (χ1) is 13.8. The van der Waals surface area contributed by atoms with Gasteiger partial charge in [0.2, 0.25) is 0 Å². The van der Waals surface area contributed by atoms with E-state index in [0.717, 1.165) is 27.9 Å². The van der Waals surface area contributed by atoms with Crippen molar-refractivity contribution < 1.29 is 4.79 Å². The molecule has 0 radical (unpaired) electrons. The summed E-state index contributed by atoms with van der Waals surface area (Å²) in [5, 5.41) is 0. The maximum Gasteiger partial charge on any atom is 0.253 e. The van der Waals surface area contributed by atoms with E-state index in [-0.39, 0.29) is 5.56 Å². The highest BCUT2D eigenvalue weighted by molar-refractivity contribution is 6.06. The second kappa shape index (κ2) is 7.01. The number of benzene rings is 1. The molecule has 0 saturated heterocycles. The van der Waals surface area contributed by atoms with Gasteiger partial charge in [0.05, 0.1) is 17.6 Å². The van der Waals surface area contributed by atoms with Crippen LogP contribution in [0.3, 0.4) is 0 Å². The van der Waals surface area contributed by atoms with Crippen LogP contribution < -0.4 is 11.3 Å². The lowest BCUT2D eigenvalue weighted by molar-refractivity contribution is 0.100. The Morgan fingerprint density at radius 1 is 1.17 bits per heavy atom. The number of aromatic amines is 1. The Labute approximate surface area is 167 Å². The molecule has 3 N–H and O–H groups in total. The molecule has 0 unspecified atom stereocenters. The Morgan fingerprint density at radius 2 is 1.97 bits per heavy atom. The van der Waals surface area contributed by atoms with Gasteiger partial charge in [-0.3, -0.25) is 14.6 Å². The third-order valence-corrected chi connectivity index (χ3v) is 5.12. The molecule has 29 heavy (non-hydrogen) atoms. The SMILES string of the molecule is Cc1cc(C)c(Cn2c(C)nc3c(C(N)=O)cc(-c4cccnc4)cc32)c(=O)[nH]1. The maximum atomic E-state index is 12.5. The number of aryl methyl sites for hydroxylation is 3. The largest absolute Gasteiger partial charge is 0.366 e. The fourth-order valence-corrected chi connectivity index (χ4v) is 3.66. The summed E-state index contributed by atoms with van der Waals surface area (Å²) in [5.41, 5.74) is 11.2. The number of amides is 1. The van der Waals surface area contributed by atoms with Crippen molar-refractivity contribution in [1.82, 2.24) is 19.5 Å². The highest BCUT2D eigenvalue weighted by Gasteiger charge is 2.18. The van der Waals surface area contributed by atoms with E-state index in [0.29, 0.717) is 29.0 Å². The molecular weight excluding hydrogens is 366 g/mol. The smallest absolute Gasteiger partial charge is 0.253 e. The Kier molecular flexibility index (Phi) is 4.50. The number of nitrogens with one attached hydrogen (secondary N) is 1. The maximum absolute atomic E-state index is 12.5. The quantitative estimate of drug-likeness (QED) is 0.561. The summed E-state index contributed by atoms with van der Waals surface area (Å²) in [6.45, 7) is 5.97. The number of fused-ring (bicyclic) bond motifs is 1. The predicted molar refractivity (Wildman–Crippen MR) is 112 cm³/mol. The molecule has 1 aromatic carbocycles. The van der Waals surface area contributed by atoms with Gasteiger partial charge in [-0.25, -0.2) is 4.98 Å². The molecule has 0 bridgehead atoms. The van der Waals surface area contributed by atoms with Gasteiger partial charge in [0.15, 0.2) is 0 Å². The molecule has 146 valence electrons. The van der Waals surface area contributed by atoms with E-state index in [1.165, 1.54) is 0 Å². The summed E-state index contributed by atoms with van der Waals surface area (Å²) in [5.74, 6) is 0.153. The van der Waals surface area contributed by atoms with Gasteiger partial charge in [0.1, 0.15) is 11.3 Å². The Bertz CT molecular complexity index is 1300. The number of pyridine rings is 2. The predicted octanol–water partition coefficient (Wildman–Crippen LogP) is 2.86. The molecule has 4 rings (SSSR count). The first-order valence-electron chi connectivity index (χ1n) is 9.25. The number of carbonyl (C=O) groups excluding carboxylic acids is 1. The summed E-state index contributed by atoms with van der Waals surface area (Å²) in [7, 11) is 0. The lowest BCUT2D eigenvalue weighted by atomic mass is 10.0. The van der Waals surface area contributed by atoms with Gasteiger partial charge in [-0.05, 0) is 56.2 Å². The standard InChI is InChI=1S/C22H21N5O2/c1-12-7-13(2)25-22(29)18(12)11-27-14(3)26-20-17(21(23)28)8-16(9-19(20)27)15-5-4-6-24-10-15/h4-10H,11H2,1-3H3,(H2,23,28)(H,25,29). The minimum Gasteiger partial charge on any atom is -0.366 e. The average molecular weight is 387 g/mol. The van der Waals surface area contributed by atoms with E-state index >= 15 is 0 Å². The molecule has 3 heterocycles. The summed E-state index contributed by atoms with van der Waals surface area (Å²) in [4.78, 5) is 36.2. The molecule has 4 aromatic rings. The van der Waals surface area contributed by atoms with Crippen LogP contribution in [0.4, 0.5) is 0 Å². The number of aromatic nitrogens is 4. The summed E-state index contributed by atoms with van der Waals surface area (Å²) < 4.78 is 1.94. The molecule has 1 amide bonds. The normalized spacial score (nSPS) is 11.1. The lowest BCUT2D eigenvalue weighted by Gasteiger charge is -2.11. The van der Waals surface area contributed by atoms with Crippen LogP contribution in [-0.2, 0) is 6.54 Å². The van der Waals surface area contributed by atoms with Crippen molar-refractivity contribution in [2.45, 2.75) is 27.3 Å². The number of primary amides is 1. The van der Waals surface area contributed by atoms with E-state index in [9.17, 15) is 9.59 Å². The zero-order chi connectivity index (χ0) is 20.7. The van der Waals surface area contributed by atoms with Crippen LogP contribution in [0.25, 0.3) is 22.2 Å². The van der Waals surface area contributed by atoms with Crippen LogP contribution in [0.15, 0.2) is 47.5 Å². The van der Waals surface area contributed by atoms with Crippen molar-refractivity contribution in [3.8, 4) is 11.1 Å². The zero-order valence-corrected chi connectivity index (χ0v) is 16.5. The molecule has 0 aliphatic heterocycles. The van der Waals surface area contributed by atoms with E-state index in [4.69, 9.17) is 5.73 Å². The minimum absolute atomic E-state index is 0.123. The van der Waals surface area contributed by atoms with Gasteiger partial charge in [-0.15, -0.1) is 0 Å². The van der Waals surface area contributed by atoms with Crippen LogP contribution >= 0.6 is 0 Å². The van der Waals surface area contributed by atoms with E-state index in [1.807, 2.05) is 49.6 Å². The summed E-state index contributed by atoms with van der Waals surface area (Å²) in [6.07, 6.45) is 3.42. The number of rotatable bonds is 4. The molecule has 7 heteroatoms. The van der Waals surface area contributed by atoms with Gasteiger partial charge in [0.25, 0.3) is 11.5 Å². The molecule has 3 aromatic heterocycles.